The van der Waals surface area contributed by atoms with E-state index < -0.39 is 6.03 Å². The number of benzene rings is 1. The van der Waals surface area contributed by atoms with E-state index in [9.17, 15) is 14.4 Å². The van der Waals surface area contributed by atoms with Crippen LogP contribution in [0.3, 0.4) is 0 Å². The number of nitrogens with one attached hydrogen (secondary N) is 1. The average Bonchev–Trinajstić information content (AvgIpc) is 2.71. The maximum absolute atomic E-state index is 13.1. The van der Waals surface area contributed by atoms with Crippen molar-refractivity contribution in [2.75, 3.05) is 44.7 Å². The van der Waals surface area contributed by atoms with Crippen LogP contribution in [0.5, 0.6) is 0 Å². The van der Waals surface area contributed by atoms with E-state index in [4.69, 9.17) is 11.6 Å². The van der Waals surface area contributed by atoms with Gasteiger partial charge >= 0.3 is 6.03 Å². The molecule has 3 aliphatic rings. The topological polar surface area (TPSA) is 73.0 Å². The van der Waals surface area contributed by atoms with Gasteiger partial charge in [-0.3, -0.25) is 19.8 Å². The molecule has 0 radical (unpaired) electrons. The molecular weight excluding hydrogens is 392 g/mol. The van der Waals surface area contributed by atoms with Gasteiger partial charge in [0.05, 0.1) is 10.7 Å². The Hall–Kier alpha value is -2.12. The highest BCUT2D eigenvalue weighted by Gasteiger charge is 2.38. The lowest BCUT2D eigenvalue weighted by molar-refractivity contribution is -0.120. The van der Waals surface area contributed by atoms with Crippen LogP contribution in [0, 0.1) is 5.41 Å². The molecule has 0 aromatic heterocycles. The number of hydrogen-bond acceptors (Lipinski definition) is 4. The zero-order chi connectivity index (χ0) is 20.6. The van der Waals surface area contributed by atoms with Crippen molar-refractivity contribution >= 4 is 35.1 Å². The second-order valence-corrected chi connectivity index (χ2v) is 8.92. The first-order valence-corrected chi connectivity index (χ1v) is 10.6. The maximum atomic E-state index is 13.1. The number of amides is 4. The number of urea groups is 1. The predicted molar refractivity (Wildman–Crippen MR) is 111 cm³/mol. The third-order valence-corrected chi connectivity index (χ3v) is 7.02. The molecule has 0 atom stereocenters. The number of nitrogens with zero attached hydrogens (tertiary/aromatic N) is 3. The molecule has 0 bridgehead atoms. The van der Waals surface area contributed by atoms with Crippen LogP contribution in [0.2, 0.25) is 5.02 Å². The Bertz CT molecular complexity index is 825. The van der Waals surface area contributed by atoms with E-state index in [0.717, 1.165) is 39.0 Å². The Morgan fingerprint density at radius 1 is 1.03 bits per heavy atom. The Morgan fingerprint density at radius 2 is 1.69 bits per heavy atom. The third-order valence-electron chi connectivity index (χ3n) is 6.70. The number of hydrogen-bond donors (Lipinski definition) is 1. The molecule has 7 nitrogen and oxygen atoms in total. The molecule has 3 saturated heterocycles. The second kappa shape index (κ2) is 7.95. The number of rotatable bonds is 2. The van der Waals surface area contributed by atoms with Crippen LogP contribution in [0.15, 0.2) is 18.2 Å². The van der Waals surface area contributed by atoms with Crippen molar-refractivity contribution in [1.82, 2.24) is 15.1 Å². The summed E-state index contributed by atoms with van der Waals surface area (Å²) in [4.78, 5) is 42.4. The minimum absolute atomic E-state index is 0.0285. The van der Waals surface area contributed by atoms with Crippen LogP contribution in [-0.2, 0) is 4.79 Å². The molecule has 4 amide bonds. The minimum atomic E-state index is -0.505. The van der Waals surface area contributed by atoms with E-state index in [0.29, 0.717) is 21.7 Å². The number of imide groups is 1. The summed E-state index contributed by atoms with van der Waals surface area (Å²) < 4.78 is 0. The van der Waals surface area contributed by atoms with Crippen LogP contribution in [-0.4, -0.2) is 67.4 Å². The van der Waals surface area contributed by atoms with Crippen molar-refractivity contribution < 1.29 is 14.4 Å². The summed E-state index contributed by atoms with van der Waals surface area (Å²) in [5.74, 6) is -0.329. The molecule has 0 saturated carbocycles. The molecule has 1 aromatic carbocycles. The standard InChI is InChI=1S/C21H27ClN4O3/c1-24-10-5-21(6-11-24)7-12-25(13-8-21)19(28)15-2-3-16(22)17(14-15)26-9-4-18(27)23-20(26)29/h2-3,14H,4-13H2,1H3,(H,23,27,29). The van der Waals surface area contributed by atoms with Crippen molar-refractivity contribution in [3.8, 4) is 0 Å². The molecular formula is C21H27ClN4O3. The molecule has 1 spiro atoms. The summed E-state index contributed by atoms with van der Waals surface area (Å²) in [7, 11) is 2.17. The smallest absolute Gasteiger partial charge is 0.328 e. The maximum Gasteiger partial charge on any atom is 0.328 e. The Kier molecular flexibility index (Phi) is 5.53. The molecule has 3 heterocycles. The Balaban J connectivity index is 1.46. The molecule has 4 rings (SSSR count). The van der Waals surface area contributed by atoms with Gasteiger partial charge in [-0.15, -0.1) is 0 Å². The van der Waals surface area contributed by atoms with Crippen LogP contribution < -0.4 is 10.2 Å². The fourth-order valence-corrected chi connectivity index (χ4v) is 4.83. The molecule has 156 valence electrons. The van der Waals surface area contributed by atoms with Crippen LogP contribution in [0.4, 0.5) is 10.5 Å². The van der Waals surface area contributed by atoms with Crippen molar-refractivity contribution in [3.63, 3.8) is 0 Å². The summed E-state index contributed by atoms with van der Waals surface area (Å²) in [5, 5.41) is 2.68. The molecule has 8 heteroatoms. The summed E-state index contributed by atoms with van der Waals surface area (Å²) >= 11 is 6.30. The largest absolute Gasteiger partial charge is 0.339 e. The van der Waals surface area contributed by atoms with Gasteiger partial charge in [0.2, 0.25) is 5.91 Å². The minimum Gasteiger partial charge on any atom is -0.339 e. The van der Waals surface area contributed by atoms with Gasteiger partial charge in [-0.2, -0.15) is 0 Å². The van der Waals surface area contributed by atoms with Crippen molar-refractivity contribution in [3.05, 3.63) is 28.8 Å². The van der Waals surface area contributed by atoms with Gasteiger partial charge in [0.15, 0.2) is 0 Å². The third kappa shape index (κ3) is 4.12. The molecule has 0 aliphatic carbocycles. The first-order valence-electron chi connectivity index (χ1n) is 10.3. The summed E-state index contributed by atoms with van der Waals surface area (Å²) in [6.07, 6.45) is 4.72. The molecule has 1 aromatic rings. The quantitative estimate of drug-likeness (QED) is 0.801. The first kappa shape index (κ1) is 20.2. The number of likely N-dealkylation sites (tertiary alicyclic amines) is 2. The predicted octanol–water partition coefficient (Wildman–Crippen LogP) is 2.73. The number of halogens is 1. The van der Waals surface area contributed by atoms with E-state index in [2.05, 4.69) is 17.3 Å². The lowest BCUT2D eigenvalue weighted by Gasteiger charge is -2.46. The van der Waals surface area contributed by atoms with E-state index in [-0.39, 0.29) is 24.8 Å². The lowest BCUT2D eigenvalue weighted by atomic mass is 9.71. The number of piperidine rings is 2. The van der Waals surface area contributed by atoms with Gasteiger partial charge in [0.1, 0.15) is 0 Å². The van der Waals surface area contributed by atoms with Gasteiger partial charge < -0.3 is 9.80 Å². The van der Waals surface area contributed by atoms with Crippen LogP contribution in [0.1, 0.15) is 42.5 Å². The normalized spacial score (nSPS) is 22.7. The zero-order valence-electron chi connectivity index (χ0n) is 16.7. The van der Waals surface area contributed by atoms with Gasteiger partial charge in [-0.05, 0) is 69.4 Å². The van der Waals surface area contributed by atoms with Crippen LogP contribution >= 0.6 is 11.6 Å². The number of carbonyl (C=O) groups is 3. The highest BCUT2D eigenvalue weighted by Crippen LogP contribution is 2.41. The molecule has 0 unspecified atom stereocenters. The highest BCUT2D eigenvalue weighted by atomic mass is 35.5. The zero-order valence-corrected chi connectivity index (χ0v) is 17.5. The molecule has 1 N–H and O–H groups in total. The SMILES string of the molecule is CN1CCC2(CC1)CCN(C(=O)c1ccc(Cl)c(N3CCC(=O)NC3=O)c1)CC2. The number of carbonyl (C=O) groups excluding carboxylic acids is 3. The van der Waals surface area contributed by atoms with Crippen molar-refractivity contribution in [2.24, 2.45) is 5.41 Å². The monoisotopic (exact) mass is 418 g/mol. The molecule has 3 fully saturated rings. The van der Waals surface area contributed by atoms with Gasteiger partial charge in [-0.1, -0.05) is 11.6 Å². The fraction of sp³-hybridized carbons (Fsp3) is 0.571. The van der Waals surface area contributed by atoms with E-state index in [1.807, 2.05) is 4.90 Å². The number of anilines is 1. The Morgan fingerprint density at radius 3 is 2.34 bits per heavy atom. The summed E-state index contributed by atoms with van der Waals surface area (Å²) in [5.41, 5.74) is 1.37. The van der Waals surface area contributed by atoms with E-state index in [1.165, 1.54) is 17.7 Å². The highest BCUT2D eigenvalue weighted by molar-refractivity contribution is 6.34. The van der Waals surface area contributed by atoms with Gasteiger partial charge in [-0.25, -0.2) is 4.79 Å². The van der Waals surface area contributed by atoms with Crippen molar-refractivity contribution in [1.29, 1.82) is 0 Å². The Labute approximate surface area is 176 Å². The van der Waals surface area contributed by atoms with Gasteiger partial charge in [0.25, 0.3) is 5.91 Å². The summed E-state index contributed by atoms with van der Waals surface area (Å²) in [6, 6.07) is 4.52. The van der Waals surface area contributed by atoms with E-state index in [1.54, 1.807) is 18.2 Å². The second-order valence-electron chi connectivity index (χ2n) is 8.52. The fourth-order valence-electron chi connectivity index (χ4n) is 4.61. The van der Waals surface area contributed by atoms with Crippen molar-refractivity contribution in [2.45, 2.75) is 32.1 Å². The molecule has 29 heavy (non-hydrogen) atoms. The van der Waals surface area contributed by atoms with Gasteiger partial charge in [0, 0.05) is 31.6 Å². The van der Waals surface area contributed by atoms with E-state index >= 15 is 0 Å². The van der Waals surface area contributed by atoms with Crippen LogP contribution in [0.25, 0.3) is 0 Å². The lowest BCUT2D eigenvalue weighted by Crippen LogP contribution is -2.49. The molecule has 3 aliphatic heterocycles. The average molecular weight is 419 g/mol. The summed E-state index contributed by atoms with van der Waals surface area (Å²) in [6.45, 7) is 4.05. The first-order chi connectivity index (χ1) is 13.9.